The van der Waals surface area contributed by atoms with Crippen molar-refractivity contribution in [3.05, 3.63) is 11.6 Å². The highest BCUT2D eigenvalue weighted by Crippen LogP contribution is 2.16. The van der Waals surface area contributed by atoms with Gasteiger partial charge >= 0.3 is 0 Å². The summed E-state index contributed by atoms with van der Waals surface area (Å²) < 4.78 is 0. The zero-order valence-electron chi connectivity index (χ0n) is 6.01. The van der Waals surface area contributed by atoms with E-state index in [-0.39, 0.29) is 0 Å². The molecule has 0 radical (unpaired) electrons. The summed E-state index contributed by atoms with van der Waals surface area (Å²) in [4.78, 5) is 4.42. The molecule has 1 N–H and O–H groups in total. The van der Waals surface area contributed by atoms with Crippen LogP contribution in [0.2, 0.25) is 0 Å². The number of aliphatic imine (C=N–C) groups is 1. The predicted octanol–water partition coefficient (Wildman–Crippen LogP) is 0.749. The van der Waals surface area contributed by atoms with Crippen molar-refractivity contribution in [3.63, 3.8) is 0 Å². The van der Waals surface area contributed by atoms with Gasteiger partial charge in [-0.2, -0.15) is 0 Å². The standard InChI is InChI=1S/C8H12N2/c1-2-7-6-9-5-3-8(7)10-4-1/h2,4,8-9H,1,3,5-6H2. The van der Waals surface area contributed by atoms with Crippen molar-refractivity contribution >= 4 is 6.21 Å². The Morgan fingerprint density at radius 2 is 2.60 bits per heavy atom. The van der Waals surface area contributed by atoms with Crippen LogP contribution in [0.4, 0.5) is 0 Å². The molecule has 1 unspecified atom stereocenters. The summed E-state index contributed by atoms with van der Waals surface area (Å²) in [6, 6.07) is 0.523. The minimum absolute atomic E-state index is 0.523. The molecule has 0 bridgehead atoms. The van der Waals surface area contributed by atoms with Gasteiger partial charge in [0.2, 0.25) is 0 Å². The van der Waals surface area contributed by atoms with Crippen molar-refractivity contribution in [2.75, 3.05) is 13.1 Å². The number of dihydropyridines is 1. The lowest BCUT2D eigenvalue weighted by molar-refractivity contribution is 0.546. The Bertz CT molecular complexity index is 182. The maximum Gasteiger partial charge on any atom is 0.0729 e. The van der Waals surface area contributed by atoms with E-state index in [4.69, 9.17) is 0 Å². The Kier molecular flexibility index (Phi) is 1.55. The second-order valence-electron chi connectivity index (χ2n) is 2.83. The van der Waals surface area contributed by atoms with Crippen LogP contribution in [-0.4, -0.2) is 25.3 Å². The number of nitrogens with one attached hydrogen (secondary N) is 1. The molecule has 0 aromatic heterocycles. The van der Waals surface area contributed by atoms with E-state index in [2.05, 4.69) is 16.4 Å². The quantitative estimate of drug-likeness (QED) is 0.488. The van der Waals surface area contributed by atoms with Crippen LogP contribution in [0.15, 0.2) is 16.6 Å². The minimum atomic E-state index is 0.523. The van der Waals surface area contributed by atoms with Crippen LogP contribution in [0.5, 0.6) is 0 Å². The van der Waals surface area contributed by atoms with Crippen molar-refractivity contribution in [3.8, 4) is 0 Å². The normalized spacial score (nSPS) is 31.2. The number of rotatable bonds is 0. The van der Waals surface area contributed by atoms with E-state index in [0.29, 0.717) is 6.04 Å². The lowest BCUT2D eigenvalue weighted by Gasteiger charge is -2.24. The molecule has 54 valence electrons. The summed E-state index contributed by atoms with van der Waals surface area (Å²) in [5.74, 6) is 0. The fourth-order valence-electron chi connectivity index (χ4n) is 1.55. The average Bonchev–Trinajstić information content (AvgIpc) is 2.05. The monoisotopic (exact) mass is 136 g/mol. The molecule has 2 heteroatoms. The molecule has 2 nitrogen and oxygen atoms in total. The van der Waals surface area contributed by atoms with Crippen molar-refractivity contribution in [2.24, 2.45) is 4.99 Å². The molecule has 10 heavy (non-hydrogen) atoms. The van der Waals surface area contributed by atoms with Crippen LogP contribution in [0, 0.1) is 0 Å². The molecule has 2 heterocycles. The maximum atomic E-state index is 4.42. The van der Waals surface area contributed by atoms with Crippen LogP contribution < -0.4 is 5.32 Å². The van der Waals surface area contributed by atoms with Crippen LogP contribution in [0.1, 0.15) is 12.8 Å². The highest BCUT2D eigenvalue weighted by Gasteiger charge is 2.17. The van der Waals surface area contributed by atoms with Gasteiger partial charge in [-0.25, -0.2) is 0 Å². The number of piperidine rings is 1. The fraction of sp³-hybridized carbons (Fsp3) is 0.625. The van der Waals surface area contributed by atoms with E-state index in [1.807, 2.05) is 6.21 Å². The first-order chi connectivity index (χ1) is 4.97. The minimum Gasteiger partial charge on any atom is -0.313 e. The molecule has 2 aliphatic rings. The molecule has 2 rings (SSSR count). The molecule has 0 saturated carbocycles. The predicted molar refractivity (Wildman–Crippen MR) is 42.5 cm³/mol. The van der Waals surface area contributed by atoms with Gasteiger partial charge in [0.05, 0.1) is 6.04 Å². The average molecular weight is 136 g/mol. The van der Waals surface area contributed by atoms with Gasteiger partial charge in [0.1, 0.15) is 0 Å². The van der Waals surface area contributed by atoms with Gasteiger partial charge in [0.25, 0.3) is 0 Å². The topological polar surface area (TPSA) is 24.4 Å². The SMILES string of the molecule is C1=NC2CCNCC2=CC1. The van der Waals surface area contributed by atoms with Crippen LogP contribution in [0.3, 0.4) is 0 Å². The van der Waals surface area contributed by atoms with Crippen molar-refractivity contribution < 1.29 is 0 Å². The molecule has 0 aromatic rings. The molecule has 1 fully saturated rings. The lowest BCUT2D eigenvalue weighted by atomic mass is 9.98. The van der Waals surface area contributed by atoms with E-state index in [0.717, 1.165) is 19.5 Å². The molecule has 0 aliphatic carbocycles. The molecular formula is C8H12N2. The Morgan fingerprint density at radius 1 is 1.60 bits per heavy atom. The smallest absolute Gasteiger partial charge is 0.0729 e. The summed E-state index contributed by atoms with van der Waals surface area (Å²) in [7, 11) is 0. The van der Waals surface area contributed by atoms with E-state index >= 15 is 0 Å². The third-order valence-corrected chi connectivity index (χ3v) is 2.12. The second kappa shape index (κ2) is 2.54. The zero-order valence-corrected chi connectivity index (χ0v) is 6.01. The van der Waals surface area contributed by atoms with Crippen molar-refractivity contribution in [1.82, 2.24) is 5.32 Å². The first-order valence-electron chi connectivity index (χ1n) is 3.88. The number of allylic oxidation sites excluding steroid dienone is 1. The molecular weight excluding hydrogens is 124 g/mol. The number of fused-ring (bicyclic) bond motifs is 1. The highest BCUT2D eigenvalue weighted by atomic mass is 14.9. The van der Waals surface area contributed by atoms with Crippen molar-refractivity contribution in [1.29, 1.82) is 0 Å². The van der Waals surface area contributed by atoms with Crippen LogP contribution >= 0.6 is 0 Å². The Hall–Kier alpha value is -0.630. The van der Waals surface area contributed by atoms with Crippen LogP contribution in [0.25, 0.3) is 0 Å². The Morgan fingerprint density at radius 3 is 3.50 bits per heavy atom. The number of hydrogen-bond donors (Lipinski definition) is 1. The third-order valence-electron chi connectivity index (χ3n) is 2.12. The Labute approximate surface area is 61.0 Å². The third kappa shape index (κ3) is 0.991. The van der Waals surface area contributed by atoms with Crippen LogP contribution in [-0.2, 0) is 0 Å². The van der Waals surface area contributed by atoms with E-state index in [1.54, 1.807) is 0 Å². The number of nitrogens with zero attached hydrogens (tertiary/aromatic N) is 1. The summed E-state index contributed by atoms with van der Waals surface area (Å²) >= 11 is 0. The Balaban J connectivity index is 2.13. The molecule has 1 atom stereocenters. The van der Waals surface area contributed by atoms with Gasteiger partial charge in [-0.15, -0.1) is 0 Å². The van der Waals surface area contributed by atoms with E-state index < -0.39 is 0 Å². The molecule has 1 saturated heterocycles. The van der Waals surface area contributed by atoms with Gasteiger partial charge in [0.15, 0.2) is 0 Å². The zero-order chi connectivity index (χ0) is 6.81. The molecule has 0 aromatic carbocycles. The summed E-state index contributed by atoms with van der Waals surface area (Å²) in [6.45, 7) is 2.18. The van der Waals surface area contributed by atoms with Crippen molar-refractivity contribution in [2.45, 2.75) is 18.9 Å². The van der Waals surface area contributed by atoms with Gasteiger partial charge < -0.3 is 5.32 Å². The lowest BCUT2D eigenvalue weighted by Crippen LogP contribution is -2.33. The molecule has 0 amide bonds. The second-order valence-corrected chi connectivity index (χ2v) is 2.83. The highest BCUT2D eigenvalue weighted by molar-refractivity contribution is 5.62. The van der Waals surface area contributed by atoms with E-state index in [1.165, 1.54) is 12.0 Å². The summed E-state index contributed by atoms with van der Waals surface area (Å²) in [5, 5.41) is 3.34. The first-order valence-corrected chi connectivity index (χ1v) is 3.88. The van der Waals surface area contributed by atoms with E-state index in [9.17, 15) is 0 Å². The molecule has 2 aliphatic heterocycles. The maximum absolute atomic E-state index is 4.42. The largest absolute Gasteiger partial charge is 0.313 e. The number of hydrogen-bond acceptors (Lipinski definition) is 2. The van der Waals surface area contributed by atoms with Gasteiger partial charge in [-0.05, 0) is 18.5 Å². The molecule has 0 spiro atoms. The van der Waals surface area contributed by atoms with Gasteiger partial charge in [-0.3, -0.25) is 4.99 Å². The summed E-state index contributed by atoms with van der Waals surface area (Å²) in [5.41, 5.74) is 1.49. The van der Waals surface area contributed by atoms with Gasteiger partial charge in [-0.1, -0.05) is 6.08 Å². The van der Waals surface area contributed by atoms with Gasteiger partial charge in [0, 0.05) is 19.2 Å². The fourth-order valence-corrected chi connectivity index (χ4v) is 1.55. The first kappa shape index (κ1) is 6.10. The summed E-state index contributed by atoms with van der Waals surface area (Å²) in [6.07, 6.45) is 6.54.